The summed E-state index contributed by atoms with van der Waals surface area (Å²) in [5, 5.41) is 3.65. The first-order valence-corrected chi connectivity index (χ1v) is 8.92. The van der Waals surface area contributed by atoms with Crippen LogP contribution in [0.5, 0.6) is 0 Å². The zero-order valence-corrected chi connectivity index (χ0v) is 15.0. The van der Waals surface area contributed by atoms with E-state index >= 15 is 0 Å². The van der Waals surface area contributed by atoms with Crippen LogP contribution in [0.4, 0.5) is 0 Å². The zero-order valence-electron chi connectivity index (χ0n) is 14.2. The Bertz CT molecular complexity index is 670. The Morgan fingerprint density at radius 1 is 1.04 bits per heavy atom. The van der Waals surface area contributed by atoms with Gasteiger partial charge in [0.2, 0.25) is 5.91 Å². The van der Waals surface area contributed by atoms with Crippen molar-refractivity contribution in [3.05, 3.63) is 64.9 Å². The minimum Gasteiger partial charge on any atom is -0.351 e. The first-order chi connectivity index (χ1) is 12.2. The molecule has 0 spiro atoms. The number of rotatable bonds is 6. The number of nitrogens with zero attached hydrogens (tertiary/aromatic N) is 3. The maximum absolute atomic E-state index is 12.1. The maximum atomic E-state index is 12.1. The Hall–Kier alpha value is -1.95. The number of carbonyl (C=O) groups excluding carboxylic acids is 1. The molecule has 0 saturated carbocycles. The lowest BCUT2D eigenvalue weighted by Crippen LogP contribution is -2.49. The van der Waals surface area contributed by atoms with Crippen molar-refractivity contribution in [2.24, 2.45) is 0 Å². The smallest absolute Gasteiger partial charge is 0.234 e. The number of carbonyl (C=O) groups is 1. The molecule has 1 aromatic carbocycles. The topological polar surface area (TPSA) is 48.5 Å². The van der Waals surface area contributed by atoms with Crippen LogP contribution in [0, 0.1) is 0 Å². The van der Waals surface area contributed by atoms with Gasteiger partial charge >= 0.3 is 0 Å². The van der Waals surface area contributed by atoms with E-state index in [4.69, 9.17) is 11.6 Å². The molecule has 5 nitrogen and oxygen atoms in total. The van der Waals surface area contributed by atoms with E-state index in [1.165, 1.54) is 0 Å². The van der Waals surface area contributed by atoms with Crippen molar-refractivity contribution >= 4 is 17.5 Å². The van der Waals surface area contributed by atoms with Crippen molar-refractivity contribution < 1.29 is 4.79 Å². The van der Waals surface area contributed by atoms with Crippen LogP contribution < -0.4 is 5.32 Å². The molecule has 3 rings (SSSR count). The Morgan fingerprint density at radius 2 is 1.76 bits per heavy atom. The quantitative estimate of drug-likeness (QED) is 0.859. The minimum absolute atomic E-state index is 0.0803. The monoisotopic (exact) mass is 358 g/mol. The lowest BCUT2D eigenvalue weighted by atomic mass is 10.2. The van der Waals surface area contributed by atoms with Crippen molar-refractivity contribution in [3.63, 3.8) is 0 Å². The second-order valence-electron chi connectivity index (χ2n) is 6.28. The van der Waals surface area contributed by atoms with Crippen molar-refractivity contribution in [3.8, 4) is 0 Å². The lowest BCUT2D eigenvalue weighted by molar-refractivity contribution is -0.122. The molecule has 0 radical (unpaired) electrons. The van der Waals surface area contributed by atoms with E-state index in [2.05, 4.69) is 20.1 Å². The van der Waals surface area contributed by atoms with Crippen LogP contribution in [0.2, 0.25) is 5.02 Å². The van der Waals surface area contributed by atoms with E-state index in [-0.39, 0.29) is 5.91 Å². The number of benzene rings is 1. The third-order valence-corrected chi connectivity index (χ3v) is 4.56. The number of halogens is 1. The molecule has 2 heterocycles. The van der Waals surface area contributed by atoms with E-state index in [0.29, 0.717) is 18.1 Å². The van der Waals surface area contributed by atoms with Gasteiger partial charge < -0.3 is 5.32 Å². The van der Waals surface area contributed by atoms with Crippen LogP contribution in [0.3, 0.4) is 0 Å². The van der Waals surface area contributed by atoms with Gasteiger partial charge in [0.05, 0.1) is 17.3 Å². The predicted molar refractivity (Wildman–Crippen MR) is 99.3 cm³/mol. The number of amides is 1. The fraction of sp³-hybridized carbons (Fsp3) is 0.368. The summed E-state index contributed by atoms with van der Waals surface area (Å²) in [6.45, 7) is 5.54. The van der Waals surface area contributed by atoms with Crippen molar-refractivity contribution in [1.29, 1.82) is 0 Å². The van der Waals surface area contributed by atoms with Gasteiger partial charge in [-0.2, -0.15) is 0 Å². The Morgan fingerprint density at radius 3 is 2.44 bits per heavy atom. The third kappa shape index (κ3) is 5.81. The molecule has 1 amide bonds. The van der Waals surface area contributed by atoms with Gasteiger partial charge in [0, 0.05) is 45.5 Å². The van der Waals surface area contributed by atoms with E-state index in [9.17, 15) is 4.79 Å². The molecule has 0 atom stereocenters. The second kappa shape index (κ2) is 8.94. The zero-order chi connectivity index (χ0) is 17.5. The average molecular weight is 359 g/mol. The van der Waals surface area contributed by atoms with Gasteiger partial charge in [-0.25, -0.2) is 0 Å². The number of pyridine rings is 1. The molecule has 1 saturated heterocycles. The van der Waals surface area contributed by atoms with Crippen molar-refractivity contribution in [2.75, 3.05) is 32.7 Å². The largest absolute Gasteiger partial charge is 0.351 e. The molecule has 0 aliphatic carbocycles. The lowest BCUT2D eigenvalue weighted by Gasteiger charge is -2.34. The highest BCUT2D eigenvalue weighted by Gasteiger charge is 2.19. The molecule has 132 valence electrons. The van der Waals surface area contributed by atoms with Gasteiger partial charge in [-0.3, -0.25) is 19.6 Å². The highest BCUT2D eigenvalue weighted by molar-refractivity contribution is 6.30. The minimum atomic E-state index is 0.0803. The molecule has 0 unspecified atom stereocenters. The van der Waals surface area contributed by atoms with Gasteiger partial charge in [-0.05, 0) is 17.7 Å². The summed E-state index contributed by atoms with van der Waals surface area (Å²) in [6.07, 6.45) is 1.68. The number of aromatic nitrogens is 1. The SMILES string of the molecule is O=C(CN1CCN(Cc2ccc(Cl)cn2)CC1)NCc1ccccc1. The van der Waals surface area contributed by atoms with Crippen LogP contribution in [-0.2, 0) is 17.9 Å². The average Bonchev–Trinajstić information content (AvgIpc) is 2.64. The Balaban J connectivity index is 1.37. The summed E-state index contributed by atoms with van der Waals surface area (Å²) in [7, 11) is 0. The maximum Gasteiger partial charge on any atom is 0.234 e. The van der Waals surface area contributed by atoms with Crippen molar-refractivity contribution in [2.45, 2.75) is 13.1 Å². The summed E-state index contributed by atoms with van der Waals surface area (Å²) >= 11 is 5.87. The number of piperazine rings is 1. The standard InChI is InChI=1S/C19H23ClN4O/c20-17-6-7-18(21-13-17)14-23-8-10-24(11-9-23)15-19(25)22-12-16-4-2-1-3-5-16/h1-7,13H,8-12,14-15H2,(H,22,25). The first-order valence-electron chi connectivity index (χ1n) is 8.55. The number of hydrogen-bond donors (Lipinski definition) is 1. The fourth-order valence-corrected chi connectivity index (χ4v) is 3.00. The predicted octanol–water partition coefficient (Wildman–Crippen LogP) is 2.17. The summed E-state index contributed by atoms with van der Waals surface area (Å²) in [4.78, 5) is 21.0. The molecule has 2 aromatic rings. The van der Waals surface area contributed by atoms with E-state index in [1.807, 2.05) is 42.5 Å². The summed E-state index contributed by atoms with van der Waals surface area (Å²) in [5.41, 5.74) is 2.15. The fourth-order valence-electron chi connectivity index (χ4n) is 2.89. The summed E-state index contributed by atoms with van der Waals surface area (Å²) in [6, 6.07) is 13.8. The van der Waals surface area contributed by atoms with Crippen LogP contribution in [-0.4, -0.2) is 53.4 Å². The molecule has 0 bridgehead atoms. The second-order valence-corrected chi connectivity index (χ2v) is 6.72. The highest BCUT2D eigenvalue weighted by Crippen LogP contribution is 2.10. The summed E-state index contributed by atoms with van der Waals surface area (Å²) < 4.78 is 0. The molecule has 1 N–H and O–H groups in total. The normalized spacial score (nSPS) is 15.9. The molecule has 6 heteroatoms. The van der Waals surface area contributed by atoms with E-state index in [0.717, 1.165) is 44.0 Å². The summed E-state index contributed by atoms with van der Waals surface area (Å²) in [5.74, 6) is 0.0803. The van der Waals surface area contributed by atoms with Gasteiger partial charge in [0.25, 0.3) is 0 Å². The van der Waals surface area contributed by atoms with Crippen LogP contribution in [0.1, 0.15) is 11.3 Å². The van der Waals surface area contributed by atoms with Crippen molar-refractivity contribution in [1.82, 2.24) is 20.1 Å². The highest BCUT2D eigenvalue weighted by atomic mass is 35.5. The molecule has 1 aliphatic heterocycles. The van der Waals surface area contributed by atoms with Crippen LogP contribution in [0.15, 0.2) is 48.7 Å². The van der Waals surface area contributed by atoms with E-state index in [1.54, 1.807) is 6.20 Å². The van der Waals surface area contributed by atoms with Gasteiger partial charge in [-0.1, -0.05) is 41.9 Å². The van der Waals surface area contributed by atoms with E-state index < -0.39 is 0 Å². The Kier molecular flexibility index (Phi) is 6.39. The third-order valence-electron chi connectivity index (χ3n) is 4.34. The van der Waals surface area contributed by atoms with Crippen LogP contribution in [0.25, 0.3) is 0 Å². The number of hydrogen-bond acceptors (Lipinski definition) is 4. The number of nitrogens with one attached hydrogen (secondary N) is 1. The first kappa shape index (κ1) is 17.9. The molecule has 1 aliphatic rings. The molecule has 1 aromatic heterocycles. The molecular weight excluding hydrogens is 336 g/mol. The van der Waals surface area contributed by atoms with Crippen LogP contribution >= 0.6 is 11.6 Å². The molecule has 25 heavy (non-hydrogen) atoms. The Labute approximate surface area is 153 Å². The van der Waals surface area contributed by atoms with Gasteiger partial charge in [0.1, 0.15) is 0 Å². The van der Waals surface area contributed by atoms with Gasteiger partial charge in [0.15, 0.2) is 0 Å². The van der Waals surface area contributed by atoms with Gasteiger partial charge in [-0.15, -0.1) is 0 Å². The molecular formula is C19H23ClN4O. The molecule has 1 fully saturated rings.